The monoisotopic (exact) mass is 283 g/mol. The smallest absolute Gasteiger partial charge is 0.122 e. The van der Waals surface area contributed by atoms with Gasteiger partial charge in [-0.2, -0.15) is 0 Å². The number of ether oxygens (including phenoxy) is 1. The lowest BCUT2D eigenvalue weighted by atomic mass is 10.0. The molecule has 0 spiro atoms. The van der Waals surface area contributed by atoms with Crippen molar-refractivity contribution < 1.29 is 4.74 Å². The van der Waals surface area contributed by atoms with Crippen LogP contribution in [0.25, 0.3) is 0 Å². The van der Waals surface area contributed by atoms with Crippen LogP contribution in [0.5, 0.6) is 5.75 Å². The molecule has 1 N–H and O–H groups in total. The van der Waals surface area contributed by atoms with E-state index in [0.29, 0.717) is 18.6 Å². The normalized spacial score (nSPS) is 12.4. The molecule has 2 aromatic rings. The van der Waals surface area contributed by atoms with Gasteiger partial charge in [-0.3, -0.25) is 0 Å². The van der Waals surface area contributed by atoms with E-state index in [0.717, 1.165) is 12.3 Å². The van der Waals surface area contributed by atoms with E-state index in [2.05, 4.69) is 68.6 Å². The molecule has 2 aromatic carbocycles. The number of para-hydroxylation sites is 1. The summed E-state index contributed by atoms with van der Waals surface area (Å²) in [6.45, 7) is 8.08. The van der Waals surface area contributed by atoms with Crippen LogP contribution in [0, 0.1) is 0 Å². The van der Waals surface area contributed by atoms with Crippen LogP contribution >= 0.6 is 0 Å². The largest absolute Gasteiger partial charge is 0.492 e. The Bertz CT molecular complexity index is 536. The van der Waals surface area contributed by atoms with Gasteiger partial charge in [-0.05, 0) is 30.0 Å². The maximum Gasteiger partial charge on any atom is 0.122 e. The lowest BCUT2D eigenvalue weighted by molar-refractivity contribution is 0.303. The van der Waals surface area contributed by atoms with Crippen LogP contribution in [-0.4, -0.2) is 13.2 Å². The molecule has 0 amide bonds. The molecular formula is C19H25NO. The highest BCUT2D eigenvalue weighted by Gasteiger charge is 2.07. The van der Waals surface area contributed by atoms with Crippen molar-refractivity contribution in [3.8, 4) is 5.75 Å². The summed E-state index contributed by atoms with van der Waals surface area (Å²) >= 11 is 0. The van der Waals surface area contributed by atoms with Gasteiger partial charge in [-0.25, -0.2) is 0 Å². The standard InChI is InChI=1S/C19H25NO/c1-15(2)18-11-7-8-12-19(18)21-14-13-20-16(3)17-9-5-4-6-10-17/h4-12,15-16,20H,13-14H2,1-3H3. The molecule has 0 aliphatic heterocycles. The number of nitrogens with one attached hydrogen (secondary N) is 1. The highest BCUT2D eigenvalue weighted by molar-refractivity contribution is 5.35. The van der Waals surface area contributed by atoms with Crippen molar-refractivity contribution >= 4 is 0 Å². The van der Waals surface area contributed by atoms with Crippen LogP contribution in [-0.2, 0) is 0 Å². The third kappa shape index (κ3) is 4.61. The quantitative estimate of drug-likeness (QED) is 0.753. The summed E-state index contributed by atoms with van der Waals surface area (Å²) in [6, 6.07) is 19.1. The molecule has 0 aliphatic carbocycles. The number of benzene rings is 2. The first-order valence-electron chi connectivity index (χ1n) is 7.68. The Hall–Kier alpha value is -1.80. The first-order valence-corrected chi connectivity index (χ1v) is 7.68. The van der Waals surface area contributed by atoms with E-state index in [1.54, 1.807) is 0 Å². The molecule has 2 heteroatoms. The molecular weight excluding hydrogens is 258 g/mol. The second kappa shape index (κ2) is 7.84. The summed E-state index contributed by atoms with van der Waals surface area (Å²) in [4.78, 5) is 0. The predicted molar refractivity (Wildman–Crippen MR) is 88.9 cm³/mol. The zero-order valence-electron chi connectivity index (χ0n) is 13.2. The highest BCUT2D eigenvalue weighted by Crippen LogP contribution is 2.25. The SMILES string of the molecule is CC(C)c1ccccc1OCCNC(C)c1ccccc1. The summed E-state index contributed by atoms with van der Waals surface area (Å²) < 4.78 is 5.92. The first-order chi connectivity index (χ1) is 10.2. The van der Waals surface area contributed by atoms with Crippen molar-refractivity contribution in [3.63, 3.8) is 0 Å². The minimum absolute atomic E-state index is 0.343. The van der Waals surface area contributed by atoms with Gasteiger partial charge >= 0.3 is 0 Å². The average molecular weight is 283 g/mol. The van der Waals surface area contributed by atoms with Gasteiger partial charge in [-0.1, -0.05) is 62.4 Å². The molecule has 0 aliphatic rings. The lowest BCUT2D eigenvalue weighted by Gasteiger charge is -2.16. The fourth-order valence-corrected chi connectivity index (χ4v) is 2.38. The minimum atomic E-state index is 0.343. The fraction of sp³-hybridized carbons (Fsp3) is 0.368. The van der Waals surface area contributed by atoms with Crippen LogP contribution in [0.2, 0.25) is 0 Å². The Labute approximate surface area is 128 Å². The van der Waals surface area contributed by atoms with Crippen LogP contribution in [0.1, 0.15) is 43.9 Å². The van der Waals surface area contributed by atoms with Crippen molar-refractivity contribution in [2.75, 3.05) is 13.2 Å². The maximum atomic E-state index is 5.92. The second-order valence-electron chi connectivity index (χ2n) is 5.63. The third-order valence-corrected chi connectivity index (χ3v) is 3.65. The molecule has 112 valence electrons. The number of hydrogen-bond donors (Lipinski definition) is 1. The maximum absolute atomic E-state index is 5.92. The van der Waals surface area contributed by atoms with E-state index in [4.69, 9.17) is 4.74 Å². The Morgan fingerprint density at radius 3 is 2.29 bits per heavy atom. The number of hydrogen-bond acceptors (Lipinski definition) is 2. The van der Waals surface area contributed by atoms with Gasteiger partial charge in [0.25, 0.3) is 0 Å². The molecule has 0 saturated heterocycles. The van der Waals surface area contributed by atoms with Gasteiger partial charge in [0, 0.05) is 12.6 Å². The summed E-state index contributed by atoms with van der Waals surface area (Å²) in [5.41, 5.74) is 2.58. The lowest BCUT2D eigenvalue weighted by Crippen LogP contribution is -2.24. The molecule has 0 radical (unpaired) electrons. The molecule has 2 nitrogen and oxygen atoms in total. The molecule has 0 aromatic heterocycles. The zero-order chi connectivity index (χ0) is 15.1. The molecule has 0 bridgehead atoms. The van der Waals surface area contributed by atoms with Crippen LogP contribution < -0.4 is 10.1 Å². The van der Waals surface area contributed by atoms with Crippen molar-refractivity contribution in [3.05, 3.63) is 65.7 Å². The van der Waals surface area contributed by atoms with E-state index in [1.165, 1.54) is 11.1 Å². The fourth-order valence-electron chi connectivity index (χ4n) is 2.38. The summed E-state index contributed by atoms with van der Waals surface area (Å²) in [5, 5.41) is 3.49. The van der Waals surface area contributed by atoms with Gasteiger partial charge in [-0.15, -0.1) is 0 Å². The third-order valence-electron chi connectivity index (χ3n) is 3.65. The summed E-state index contributed by atoms with van der Waals surface area (Å²) in [6.07, 6.45) is 0. The van der Waals surface area contributed by atoms with Gasteiger partial charge < -0.3 is 10.1 Å². The van der Waals surface area contributed by atoms with E-state index >= 15 is 0 Å². The Morgan fingerprint density at radius 2 is 1.57 bits per heavy atom. The van der Waals surface area contributed by atoms with E-state index in [1.807, 2.05) is 12.1 Å². The van der Waals surface area contributed by atoms with Crippen molar-refractivity contribution in [1.29, 1.82) is 0 Å². The van der Waals surface area contributed by atoms with E-state index < -0.39 is 0 Å². The van der Waals surface area contributed by atoms with Crippen molar-refractivity contribution in [1.82, 2.24) is 5.32 Å². The predicted octanol–water partition coefficient (Wildman–Crippen LogP) is 4.54. The molecule has 0 fully saturated rings. The van der Waals surface area contributed by atoms with Crippen LogP contribution in [0.4, 0.5) is 0 Å². The summed E-state index contributed by atoms with van der Waals surface area (Å²) in [5.74, 6) is 1.49. The van der Waals surface area contributed by atoms with Gasteiger partial charge in [0.1, 0.15) is 12.4 Å². The van der Waals surface area contributed by atoms with Crippen molar-refractivity contribution in [2.45, 2.75) is 32.7 Å². The second-order valence-corrected chi connectivity index (χ2v) is 5.63. The molecule has 0 heterocycles. The summed E-state index contributed by atoms with van der Waals surface area (Å²) in [7, 11) is 0. The Kier molecular flexibility index (Phi) is 5.82. The molecule has 1 atom stereocenters. The van der Waals surface area contributed by atoms with E-state index in [9.17, 15) is 0 Å². The Morgan fingerprint density at radius 1 is 0.905 bits per heavy atom. The molecule has 0 saturated carbocycles. The van der Waals surface area contributed by atoms with Gasteiger partial charge in [0.05, 0.1) is 0 Å². The van der Waals surface area contributed by atoms with Gasteiger partial charge in [0.15, 0.2) is 0 Å². The molecule has 21 heavy (non-hydrogen) atoms. The average Bonchev–Trinajstić information content (AvgIpc) is 2.52. The zero-order valence-corrected chi connectivity index (χ0v) is 13.2. The van der Waals surface area contributed by atoms with Crippen molar-refractivity contribution in [2.24, 2.45) is 0 Å². The topological polar surface area (TPSA) is 21.3 Å². The van der Waals surface area contributed by atoms with Crippen LogP contribution in [0.15, 0.2) is 54.6 Å². The van der Waals surface area contributed by atoms with Crippen LogP contribution in [0.3, 0.4) is 0 Å². The minimum Gasteiger partial charge on any atom is -0.492 e. The molecule has 2 rings (SSSR count). The van der Waals surface area contributed by atoms with E-state index in [-0.39, 0.29) is 0 Å². The highest BCUT2D eigenvalue weighted by atomic mass is 16.5. The molecule has 1 unspecified atom stereocenters. The number of rotatable bonds is 7. The van der Waals surface area contributed by atoms with Gasteiger partial charge in [0.2, 0.25) is 0 Å². The first kappa shape index (κ1) is 15.6. The Balaban J connectivity index is 1.80.